The van der Waals surface area contributed by atoms with E-state index in [1.807, 2.05) is 6.07 Å². The van der Waals surface area contributed by atoms with Crippen molar-refractivity contribution in [2.75, 3.05) is 0 Å². The van der Waals surface area contributed by atoms with Crippen LogP contribution in [0.1, 0.15) is 56.7 Å². The number of rotatable bonds is 8. The highest BCUT2D eigenvalue weighted by Crippen LogP contribution is 2.29. The second-order valence-electron chi connectivity index (χ2n) is 7.66. The number of pyridine rings is 1. The van der Waals surface area contributed by atoms with Crippen molar-refractivity contribution >= 4 is 0 Å². The first-order valence-electron chi connectivity index (χ1n) is 10.4. The largest absolute Gasteiger partial charge is 0.264 e. The zero-order valence-electron chi connectivity index (χ0n) is 17.6. The highest BCUT2D eigenvalue weighted by Gasteiger charge is 2.14. The maximum Gasteiger partial charge on any atom is 0.181 e. The first kappa shape index (κ1) is 19.9. The quantitative estimate of drug-likeness (QED) is 0.478. The lowest BCUT2D eigenvalue weighted by Crippen LogP contribution is -2.06. The predicted octanol–water partition coefficient (Wildman–Crippen LogP) is 4.03. The molecule has 1 N–H and O–H groups in total. The van der Waals surface area contributed by atoms with E-state index < -0.39 is 0 Å². The molecule has 0 amide bonds. The van der Waals surface area contributed by atoms with E-state index in [0.29, 0.717) is 11.7 Å². The molecule has 30 heavy (non-hydrogen) atoms. The van der Waals surface area contributed by atoms with Crippen LogP contribution in [-0.4, -0.2) is 40.4 Å². The molecular weight excluding hydrogens is 376 g/mol. The summed E-state index contributed by atoms with van der Waals surface area (Å²) in [4.78, 5) is 9.02. The van der Waals surface area contributed by atoms with Crippen molar-refractivity contribution in [3.8, 4) is 22.5 Å². The Labute approximate surface area is 175 Å². The van der Waals surface area contributed by atoms with Gasteiger partial charge in [-0.3, -0.25) is 4.98 Å². The number of aromatic amines is 1. The lowest BCUT2D eigenvalue weighted by molar-refractivity contribution is 0.543. The molecule has 0 unspecified atom stereocenters. The molecular formula is C22H26N8. The van der Waals surface area contributed by atoms with Crippen molar-refractivity contribution in [1.82, 2.24) is 40.4 Å². The van der Waals surface area contributed by atoms with E-state index >= 15 is 0 Å². The van der Waals surface area contributed by atoms with Crippen LogP contribution in [0.15, 0.2) is 42.7 Å². The standard InChI is InChI=1S/C22H26N8/c1-4-5-12-30-20(24-21(27-30)15(2)3)13-16-6-8-17(9-7-16)18-10-11-23-14-19(18)22-25-28-29-26-22/h6-11,14-15H,4-5,12-13H2,1-3H3,(H,25,26,28,29). The van der Waals surface area contributed by atoms with E-state index in [0.717, 1.165) is 54.1 Å². The van der Waals surface area contributed by atoms with E-state index in [2.05, 4.69) is 75.3 Å². The number of nitrogens with one attached hydrogen (secondary N) is 1. The lowest BCUT2D eigenvalue weighted by Gasteiger charge is -2.08. The Morgan fingerprint density at radius 3 is 2.60 bits per heavy atom. The van der Waals surface area contributed by atoms with Crippen LogP contribution < -0.4 is 0 Å². The number of aryl methyl sites for hydroxylation is 1. The molecule has 0 radical (unpaired) electrons. The number of benzene rings is 1. The van der Waals surface area contributed by atoms with Gasteiger partial charge in [0.15, 0.2) is 11.6 Å². The van der Waals surface area contributed by atoms with E-state index in [1.165, 1.54) is 5.56 Å². The van der Waals surface area contributed by atoms with Crippen LogP contribution >= 0.6 is 0 Å². The minimum absolute atomic E-state index is 0.324. The van der Waals surface area contributed by atoms with Crippen molar-refractivity contribution in [2.45, 2.75) is 52.5 Å². The zero-order chi connectivity index (χ0) is 20.9. The van der Waals surface area contributed by atoms with Crippen LogP contribution in [0.3, 0.4) is 0 Å². The number of nitrogens with zero attached hydrogens (tertiary/aromatic N) is 7. The van der Waals surface area contributed by atoms with Gasteiger partial charge in [0.05, 0.1) is 0 Å². The van der Waals surface area contributed by atoms with Gasteiger partial charge in [-0.05, 0) is 39.6 Å². The Balaban J connectivity index is 1.59. The third-order valence-electron chi connectivity index (χ3n) is 5.05. The second kappa shape index (κ2) is 8.94. The first-order valence-corrected chi connectivity index (χ1v) is 10.4. The maximum atomic E-state index is 4.80. The topological polar surface area (TPSA) is 98.1 Å². The molecule has 0 saturated carbocycles. The molecule has 4 rings (SSSR count). The van der Waals surface area contributed by atoms with Gasteiger partial charge < -0.3 is 0 Å². The van der Waals surface area contributed by atoms with Crippen LogP contribution in [-0.2, 0) is 13.0 Å². The fourth-order valence-corrected chi connectivity index (χ4v) is 3.35. The smallest absolute Gasteiger partial charge is 0.181 e. The molecule has 0 aliphatic rings. The van der Waals surface area contributed by atoms with Gasteiger partial charge >= 0.3 is 0 Å². The van der Waals surface area contributed by atoms with Gasteiger partial charge in [0, 0.05) is 36.8 Å². The van der Waals surface area contributed by atoms with Crippen molar-refractivity contribution in [2.24, 2.45) is 0 Å². The molecule has 3 aromatic heterocycles. The van der Waals surface area contributed by atoms with Gasteiger partial charge in [-0.2, -0.15) is 5.10 Å². The molecule has 3 heterocycles. The number of tetrazole rings is 1. The lowest BCUT2D eigenvalue weighted by atomic mass is 9.99. The van der Waals surface area contributed by atoms with E-state index in [9.17, 15) is 0 Å². The van der Waals surface area contributed by atoms with Crippen molar-refractivity contribution in [3.63, 3.8) is 0 Å². The normalized spacial score (nSPS) is 11.3. The molecule has 4 aromatic rings. The first-order chi connectivity index (χ1) is 14.7. The minimum Gasteiger partial charge on any atom is -0.264 e. The van der Waals surface area contributed by atoms with Gasteiger partial charge in [0.1, 0.15) is 5.82 Å². The summed E-state index contributed by atoms with van der Waals surface area (Å²) in [6.45, 7) is 7.37. The van der Waals surface area contributed by atoms with Gasteiger partial charge in [-0.15, -0.1) is 5.10 Å². The molecule has 8 nitrogen and oxygen atoms in total. The third-order valence-corrected chi connectivity index (χ3v) is 5.05. The summed E-state index contributed by atoms with van der Waals surface area (Å²) in [7, 11) is 0. The number of unbranched alkanes of at least 4 members (excludes halogenated alkanes) is 1. The highest BCUT2D eigenvalue weighted by molar-refractivity contribution is 5.79. The van der Waals surface area contributed by atoms with Crippen molar-refractivity contribution < 1.29 is 0 Å². The monoisotopic (exact) mass is 402 g/mol. The molecule has 0 bridgehead atoms. The van der Waals surface area contributed by atoms with Gasteiger partial charge in [0.2, 0.25) is 0 Å². The molecule has 0 spiro atoms. The summed E-state index contributed by atoms with van der Waals surface area (Å²) < 4.78 is 2.07. The number of hydrogen-bond acceptors (Lipinski definition) is 6. The van der Waals surface area contributed by atoms with E-state index in [-0.39, 0.29) is 0 Å². The summed E-state index contributed by atoms with van der Waals surface area (Å²) >= 11 is 0. The SMILES string of the molecule is CCCCn1nc(C(C)C)nc1Cc1ccc(-c2ccncc2-c2nnn[nH]2)cc1. The van der Waals surface area contributed by atoms with Crippen LogP contribution in [0, 0.1) is 0 Å². The van der Waals surface area contributed by atoms with Crippen molar-refractivity contribution in [3.05, 3.63) is 59.9 Å². The molecule has 8 heteroatoms. The summed E-state index contributed by atoms with van der Waals surface area (Å²) in [5.74, 6) is 2.87. The van der Waals surface area contributed by atoms with Crippen LogP contribution in [0.4, 0.5) is 0 Å². The highest BCUT2D eigenvalue weighted by atomic mass is 15.5. The maximum absolute atomic E-state index is 4.80. The average molecular weight is 403 g/mol. The molecule has 0 aliphatic carbocycles. The fourth-order valence-electron chi connectivity index (χ4n) is 3.35. The Kier molecular flexibility index (Phi) is 5.92. The Morgan fingerprint density at radius 1 is 1.07 bits per heavy atom. The number of H-pyrrole nitrogens is 1. The Hall–Kier alpha value is -3.42. The van der Waals surface area contributed by atoms with Crippen LogP contribution in [0.5, 0.6) is 0 Å². The van der Waals surface area contributed by atoms with E-state index in [4.69, 9.17) is 10.1 Å². The summed E-state index contributed by atoms with van der Waals surface area (Å²) in [6, 6.07) is 10.5. The molecule has 0 fully saturated rings. The second-order valence-corrected chi connectivity index (χ2v) is 7.66. The molecule has 1 aromatic carbocycles. The van der Waals surface area contributed by atoms with Gasteiger partial charge in [-0.1, -0.05) is 51.5 Å². The van der Waals surface area contributed by atoms with Crippen LogP contribution in [0.2, 0.25) is 0 Å². The summed E-state index contributed by atoms with van der Waals surface area (Å²) in [6.07, 6.45) is 6.56. The molecule has 154 valence electrons. The minimum atomic E-state index is 0.324. The van der Waals surface area contributed by atoms with Crippen molar-refractivity contribution in [1.29, 1.82) is 0 Å². The van der Waals surface area contributed by atoms with E-state index in [1.54, 1.807) is 12.4 Å². The Morgan fingerprint density at radius 2 is 1.90 bits per heavy atom. The fraction of sp³-hybridized carbons (Fsp3) is 0.364. The predicted molar refractivity (Wildman–Crippen MR) is 115 cm³/mol. The summed E-state index contributed by atoms with van der Waals surface area (Å²) in [5, 5.41) is 18.9. The zero-order valence-corrected chi connectivity index (χ0v) is 17.6. The number of aromatic nitrogens is 8. The molecule has 0 aliphatic heterocycles. The molecule has 0 atom stereocenters. The summed E-state index contributed by atoms with van der Waals surface area (Å²) in [5.41, 5.74) is 4.19. The van der Waals surface area contributed by atoms with Crippen LogP contribution in [0.25, 0.3) is 22.5 Å². The average Bonchev–Trinajstić information content (AvgIpc) is 3.43. The third kappa shape index (κ3) is 4.27. The number of hydrogen-bond donors (Lipinski definition) is 1. The molecule has 0 saturated heterocycles. The van der Waals surface area contributed by atoms with Gasteiger partial charge in [0.25, 0.3) is 0 Å². The van der Waals surface area contributed by atoms with Gasteiger partial charge in [-0.25, -0.2) is 14.8 Å². The Bertz CT molecular complexity index is 1080.